The number of benzene rings is 1. The van der Waals surface area contributed by atoms with E-state index in [1.54, 1.807) is 19.1 Å². The summed E-state index contributed by atoms with van der Waals surface area (Å²) < 4.78 is 0. The first-order valence-corrected chi connectivity index (χ1v) is 5.32. The lowest BCUT2D eigenvalue weighted by atomic mass is 10.1. The molecule has 0 aliphatic carbocycles. The lowest BCUT2D eigenvalue weighted by Crippen LogP contribution is -2.10. The van der Waals surface area contributed by atoms with Gasteiger partial charge in [-0.15, -0.1) is 0 Å². The average molecular weight is 216 g/mol. The molecule has 0 heterocycles. The first-order chi connectivity index (χ1) is 7.65. The number of carbonyl (C=O) groups is 1. The van der Waals surface area contributed by atoms with Crippen LogP contribution in [0.2, 0.25) is 0 Å². The fraction of sp³-hybridized carbons (Fsp3) is 0.308. The van der Waals surface area contributed by atoms with Crippen molar-refractivity contribution in [1.29, 1.82) is 0 Å². The van der Waals surface area contributed by atoms with Crippen molar-refractivity contribution in [1.82, 2.24) is 0 Å². The zero-order valence-corrected chi connectivity index (χ0v) is 9.90. The minimum Gasteiger partial charge on any atom is -0.287 e. The van der Waals surface area contributed by atoms with Crippen molar-refractivity contribution in [2.45, 2.75) is 27.2 Å². The fourth-order valence-corrected chi connectivity index (χ4v) is 1.07. The highest BCUT2D eigenvalue weighted by Gasteiger charge is 2.08. The molecule has 3 heteroatoms. The fourth-order valence-electron chi connectivity index (χ4n) is 1.07. The van der Waals surface area contributed by atoms with E-state index in [0.717, 1.165) is 12.1 Å². The summed E-state index contributed by atoms with van der Waals surface area (Å²) in [6.45, 7) is 5.58. The molecule has 0 amide bonds. The number of carbonyl (C=O) groups excluding carboxylic acids is 1. The van der Waals surface area contributed by atoms with E-state index >= 15 is 0 Å². The third-order valence-corrected chi connectivity index (χ3v) is 2.25. The molecule has 0 saturated carbocycles. The molecule has 1 aromatic carbocycles. The van der Waals surface area contributed by atoms with Crippen LogP contribution >= 0.6 is 0 Å². The minimum absolute atomic E-state index is 0.0757. The van der Waals surface area contributed by atoms with Gasteiger partial charge in [-0.2, -0.15) is 10.2 Å². The van der Waals surface area contributed by atoms with Crippen LogP contribution in [0, 0.1) is 0 Å². The highest BCUT2D eigenvalue weighted by Crippen LogP contribution is 2.02. The summed E-state index contributed by atoms with van der Waals surface area (Å²) in [7, 11) is 0. The van der Waals surface area contributed by atoms with E-state index in [-0.39, 0.29) is 5.78 Å². The molecule has 16 heavy (non-hydrogen) atoms. The molecule has 3 nitrogen and oxygen atoms in total. The minimum atomic E-state index is -0.0757. The first-order valence-electron chi connectivity index (χ1n) is 5.32. The monoisotopic (exact) mass is 216 g/mol. The number of ketones is 1. The maximum Gasteiger partial charge on any atom is 0.208 e. The van der Waals surface area contributed by atoms with E-state index in [4.69, 9.17) is 0 Å². The molecule has 1 rings (SSSR count). The molecule has 0 radical (unpaired) electrons. The second-order valence-corrected chi connectivity index (χ2v) is 3.57. The summed E-state index contributed by atoms with van der Waals surface area (Å²) in [5.74, 6) is -0.0757. The number of hydrogen-bond donors (Lipinski definition) is 0. The van der Waals surface area contributed by atoms with E-state index in [0.29, 0.717) is 11.3 Å². The highest BCUT2D eigenvalue weighted by atomic mass is 16.1. The average Bonchev–Trinajstić information content (AvgIpc) is 2.35. The maximum atomic E-state index is 11.8. The van der Waals surface area contributed by atoms with Gasteiger partial charge in [0.1, 0.15) is 5.71 Å². The van der Waals surface area contributed by atoms with E-state index in [1.165, 1.54) is 0 Å². The Hall–Kier alpha value is -1.77. The Morgan fingerprint density at radius 2 is 1.75 bits per heavy atom. The van der Waals surface area contributed by atoms with Crippen LogP contribution in [-0.2, 0) is 0 Å². The Morgan fingerprint density at radius 3 is 2.31 bits per heavy atom. The molecular formula is C13H16N2O. The van der Waals surface area contributed by atoms with Gasteiger partial charge in [-0.05, 0) is 20.3 Å². The van der Waals surface area contributed by atoms with Crippen molar-refractivity contribution >= 4 is 17.2 Å². The van der Waals surface area contributed by atoms with Crippen LogP contribution in [0.4, 0.5) is 0 Å². The topological polar surface area (TPSA) is 41.8 Å². The molecule has 0 bridgehead atoms. The van der Waals surface area contributed by atoms with Crippen LogP contribution < -0.4 is 0 Å². The molecule has 1 aromatic rings. The van der Waals surface area contributed by atoms with Crippen molar-refractivity contribution in [3.8, 4) is 0 Å². The summed E-state index contributed by atoms with van der Waals surface area (Å²) in [4.78, 5) is 11.8. The maximum absolute atomic E-state index is 11.8. The molecule has 0 aliphatic rings. The number of rotatable bonds is 4. The van der Waals surface area contributed by atoms with Gasteiger partial charge in [0.2, 0.25) is 5.78 Å². The van der Waals surface area contributed by atoms with Crippen LogP contribution in [0.15, 0.2) is 40.5 Å². The van der Waals surface area contributed by atoms with Crippen molar-refractivity contribution in [2.75, 3.05) is 0 Å². The van der Waals surface area contributed by atoms with Gasteiger partial charge in [-0.25, -0.2) is 0 Å². The number of nitrogens with zero attached hydrogens (tertiary/aromatic N) is 2. The largest absolute Gasteiger partial charge is 0.287 e. The highest BCUT2D eigenvalue weighted by molar-refractivity contribution is 6.45. The summed E-state index contributed by atoms with van der Waals surface area (Å²) >= 11 is 0. The van der Waals surface area contributed by atoms with Gasteiger partial charge >= 0.3 is 0 Å². The molecule has 0 unspecified atom stereocenters. The van der Waals surface area contributed by atoms with E-state index in [2.05, 4.69) is 10.2 Å². The number of hydrogen-bond acceptors (Lipinski definition) is 3. The van der Waals surface area contributed by atoms with E-state index in [1.807, 2.05) is 32.0 Å². The van der Waals surface area contributed by atoms with E-state index < -0.39 is 0 Å². The van der Waals surface area contributed by atoms with Gasteiger partial charge in [0, 0.05) is 11.3 Å². The van der Waals surface area contributed by atoms with Gasteiger partial charge in [-0.1, -0.05) is 37.3 Å². The Bertz CT molecular complexity index is 419. The smallest absolute Gasteiger partial charge is 0.208 e. The predicted molar refractivity (Wildman–Crippen MR) is 67.3 cm³/mol. The number of Topliss-reactive ketones (excluding diaryl/α,β-unsaturated/α-hetero) is 1. The van der Waals surface area contributed by atoms with Gasteiger partial charge in [0.15, 0.2) is 0 Å². The van der Waals surface area contributed by atoms with Crippen molar-refractivity contribution in [3.05, 3.63) is 35.9 Å². The third kappa shape index (κ3) is 3.42. The van der Waals surface area contributed by atoms with Crippen molar-refractivity contribution < 1.29 is 4.79 Å². The van der Waals surface area contributed by atoms with Crippen LogP contribution in [-0.4, -0.2) is 17.2 Å². The summed E-state index contributed by atoms with van der Waals surface area (Å²) in [5, 5.41) is 7.90. The molecule has 0 N–H and O–H groups in total. The Labute approximate surface area is 95.9 Å². The van der Waals surface area contributed by atoms with Gasteiger partial charge < -0.3 is 0 Å². The molecule has 84 valence electrons. The van der Waals surface area contributed by atoms with Crippen LogP contribution in [0.5, 0.6) is 0 Å². The zero-order valence-electron chi connectivity index (χ0n) is 9.90. The lowest BCUT2D eigenvalue weighted by Gasteiger charge is -1.98. The Morgan fingerprint density at radius 1 is 1.12 bits per heavy atom. The van der Waals surface area contributed by atoms with Crippen LogP contribution in [0.1, 0.15) is 37.6 Å². The predicted octanol–water partition coefficient (Wildman–Crippen LogP) is 3.12. The lowest BCUT2D eigenvalue weighted by molar-refractivity contribution is 0.106. The zero-order chi connectivity index (χ0) is 12.0. The van der Waals surface area contributed by atoms with Crippen LogP contribution in [0.25, 0.3) is 0 Å². The van der Waals surface area contributed by atoms with Crippen LogP contribution in [0.3, 0.4) is 0 Å². The normalized spacial score (nSPS) is 12.7. The molecule has 0 aromatic heterocycles. The SMILES string of the molecule is CCC(C)=NN=C(C)C(=O)c1ccccc1. The molecule has 0 atom stereocenters. The summed E-state index contributed by atoms with van der Waals surface area (Å²) in [6, 6.07) is 9.10. The summed E-state index contributed by atoms with van der Waals surface area (Å²) in [6.07, 6.45) is 0.844. The van der Waals surface area contributed by atoms with Crippen molar-refractivity contribution in [3.63, 3.8) is 0 Å². The van der Waals surface area contributed by atoms with E-state index in [9.17, 15) is 4.79 Å². The standard InChI is InChI=1S/C13H16N2O/c1-4-10(2)14-15-11(3)13(16)12-8-6-5-7-9-12/h5-9H,4H2,1-3H3. The first kappa shape index (κ1) is 12.3. The Kier molecular flexibility index (Phi) is 4.58. The quantitative estimate of drug-likeness (QED) is 0.433. The third-order valence-electron chi connectivity index (χ3n) is 2.25. The van der Waals surface area contributed by atoms with Gasteiger partial charge in [-0.3, -0.25) is 4.79 Å². The van der Waals surface area contributed by atoms with Gasteiger partial charge in [0.05, 0.1) is 0 Å². The second-order valence-electron chi connectivity index (χ2n) is 3.57. The molecule has 0 aliphatic heterocycles. The molecular weight excluding hydrogens is 200 g/mol. The second kappa shape index (κ2) is 5.95. The molecule has 0 saturated heterocycles. The Balaban J connectivity index is 2.83. The molecule has 0 spiro atoms. The van der Waals surface area contributed by atoms with Gasteiger partial charge in [0.25, 0.3) is 0 Å². The van der Waals surface area contributed by atoms with Crippen molar-refractivity contribution in [2.24, 2.45) is 10.2 Å². The summed E-state index contributed by atoms with van der Waals surface area (Å²) in [5.41, 5.74) is 1.98. The molecule has 0 fully saturated rings.